The van der Waals surface area contributed by atoms with Gasteiger partial charge >= 0.3 is 0 Å². The van der Waals surface area contributed by atoms with E-state index in [0.29, 0.717) is 12.1 Å². The Morgan fingerprint density at radius 2 is 1.48 bits per heavy atom. The molecule has 0 aliphatic carbocycles. The molecule has 0 saturated carbocycles. The Labute approximate surface area is 167 Å². The van der Waals surface area contributed by atoms with E-state index < -0.39 is 17.5 Å². The van der Waals surface area contributed by atoms with Gasteiger partial charge in [0.2, 0.25) is 0 Å². The molecule has 0 unspecified atom stereocenters. The summed E-state index contributed by atoms with van der Waals surface area (Å²) in [5.41, 5.74) is 1.93. The van der Waals surface area contributed by atoms with E-state index in [4.69, 9.17) is 0 Å². The Morgan fingerprint density at radius 1 is 0.759 bits per heavy atom. The predicted molar refractivity (Wildman–Crippen MR) is 108 cm³/mol. The molecule has 0 atom stereocenters. The number of rotatable bonds is 7. The second-order valence-electron chi connectivity index (χ2n) is 6.51. The van der Waals surface area contributed by atoms with E-state index in [0.717, 1.165) is 25.0 Å². The Morgan fingerprint density at radius 3 is 2.21 bits per heavy atom. The van der Waals surface area contributed by atoms with E-state index in [1.165, 1.54) is 17.7 Å². The average Bonchev–Trinajstić information content (AvgIpc) is 2.74. The molecule has 0 spiro atoms. The monoisotopic (exact) mass is 394 g/mol. The highest BCUT2D eigenvalue weighted by Gasteiger charge is 2.12. The van der Waals surface area contributed by atoms with Gasteiger partial charge in [-0.2, -0.15) is 0 Å². The van der Waals surface area contributed by atoms with Gasteiger partial charge in [0.25, 0.3) is 11.8 Å². The lowest BCUT2D eigenvalue weighted by molar-refractivity contribution is 0.0953. The lowest BCUT2D eigenvalue weighted by Crippen LogP contribution is -2.25. The van der Waals surface area contributed by atoms with Gasteiger partial charge in [-0.15, -0.1) is 0 Å². The second-order valence-corrected chi connectivity index (χ2v) is 6.51. The molecule has 29 heavy (non-hydrogen) atoms. The largest absolute Gasteiger partial charge is 0.352 e. The molecule has 2 amide bonds. The molecule has 4 nitrogen and oxygen atoms in total. The molecule has 3 rings (SSSR count). The highest BCUT2D eigenvalue weighted by atomic mass is 19.2. The number of carbonyl (C=O) groups excluding carboxylic acids is 2. The minimum atomic E-state index is -1.05. The summed E-state index contributed by atoms with van der Waals surface area (Å²) in [6, 6.07) is 19.3. The topological polar surface area (TPSA) is 58.2 Å². The minimum absolute atomic E-state index is 0.129. The summed E-state index contributed by atoms with van der Waals surface area (Å²) in [4.78, 5) is 24.7. The highest BCUT2D eigenvalue weighted by Crippen LogP contribution is 2.15. The predicted octanol–water partition coefficient (Wildman–Crippen LogP) is 4.58. The number of nitrogens with one attached hydrogen (secondary N) is 2. The maximum Gasteiger partial charge on any atom is 0.255 e. The highest BCUT2D eigenvalue weighted by molar-refractivity contribution is 6.06. The zero-order valence-corrected chi connectivity index (χ0v) is 15.6. The molecule has 0 fully saturated rings. The normalized spacial score (nSPS) is 10.4. The van der Waals surface area contributed by atoms with Crippen molar-refractivity contribution in [1.82, 2.24) is 5.32 Å². The summed E-state index contributed by atoms with van der Waals surface area (Å²) in [6.45, 7) is 0.513. The number of hydrogen-bond acceptors (Lipinski definition) is 2. The Balaban J connectivity index is 1.55. The molecule has 0 radical (unpaired) electrons. The van der Waals surface area contributed by atoms with Crippen molar-refractivity contribution in [3.05, 3.63) is 101 Å². The van der Waals surface area contributed by atoms with E-state index in [-0.39, 0.29) is 17.2 Å². The van der Waals surface area contributed by atoms with Crippen molar-refractivity contribution in [3.8, 4) is 0 Å². The molecule has 3 aromatic rings. The van der Waals surface area contributed by atoms with E-state index in [2.05, 4.69) is 10.6 Å². The standard InChI is InChI=1S/C23H20F2N2O2/c24-20-12-11-19(15-21(20)25)27-23(29)18-10-4-9-17(14-18)22(28)26-13-5-8-16-6-2-1-3-7-16/h1-4,6-7,9-12,14-15H,5,8,13H2,(H,26,28)(H,27,29). The average molecular weight is 394 g/mol. The Hall–Kier alpha value is -3.54. The van der Waals surface area contributed by atoms with Crippen molar-refractivity contribution >= 4 is 17.5 Å². The van der Waals surface area contributed by atoms with Crippen LogP contribution in [0.1, 0.15) is 32.7 Å². The van der Waals surface area contributed by atoms with Crippen LogP contribution in [0.5, 0.6) is 0 Å². The van der Waals surface area contributed by atoms with Crippen LogP contribution < -0.4 is 10.6 Å². The fourth-order valence-corrected chi connectivity index (χ4v) is 2.82. The maximum atomic E-state index is 13.3. The van der Waals surface area contributed by atoms with Gasteiger partial charge in [0.1, 0.15) is 0 Å². The number of halogens is 2. The van der Waals surface area contributed by atoms with Crippen LogP contribution in [0, 0.1) is 11.6 Å². The molecule has 2 N–H and O–H groups in total. The summed E-state index contributed by atoms with van der Waals surface area (Å²) in [5.74, 6) is -2.84. The van der Waals surface area contributed by atoms with Crippen molar-refractivity contribution in [2.24, 2.45) is 0 Å². The molecule has 148 valence electrons. The Kier molecular flexibility index (Phi) is 6.68. The van der Waals surface area contributed by atoms with Gasteiger partial charge in [-0.05, 0) is 48.7 Å². The van der Waals surface area contributed by atoms with E-state index in [9.17, 15) is 18.4 Å². The third-order valence-electron chi connectivity index (χ3n) is 4.34. The number of benzene rings is 3. The third kappa shape index (κ3) is 5.72. The van der Waals surface area contributed by atoms with Crippen molar-refractivity contribution < 1.29 is 18.4 Å². The van der Waals surface area contributed by atoms with E-state index >= 15 is 0 Å². The quantitative estimate of drug-likeness (QED) is 0.577. The van der Waals surface area contributed by atoms with Crippen LogP contribution in [0.4, 0.5) is 14.5 Å². The first-order valence-electron chi connectivity index (χ1n) is 9.21. The molecule has 0 aliphatic rings. The summed E-state index contributed by atoms with van der Waals surface area (Å²) >= 11 is 0. The zero-order chi connectivity index (χ0) is 20.6. The molecule has 0 bridgehead atoms. The fourth-order valence-electron chi connectivity index (χ4n) is 2.82. The first-order chi connectivity index (χ1) is 14.0. The summed E-state index contributed by atoms with van der Waals surface area (Å²) in [5, 5.41) is 5.32. The lowest BCUT2D eigenvalue weighted by Gasteiger charge is -2.08. The first-order valence-corrected chi connectivity index (χ1v) is 9.21. The van der Waals surface area contributed by atoms with Crippen molar-refractivity contribution in [2.45, 2.75) is 12.8 Å². The summed E-state index contributed by atoms with van der Waals surface area (Å²) in [6.07, 6.45) is 1.66. The lowest BCUT2D eigenvalue weighted by atomic mass is 10.1. The number of anilines is 1. The van der Waals surface area contributed by atoms with Gasteiger partial charge < -0.3 is 10.6 Å². The molecule has 0 aromatic heterocycles. The van der Waals surface area contributed by atoms with E-state index in [1.54, 1.807) is 18.2 Å². The number of hydrogen-bond donors (Lipinski definition) is 2. The molecular formula is C23H20F2N2O2. The van der Waals surface area contributed by atoms with Gasteiger partial charge in [0.05, 0.1) is 0 Å². The maximum absolute atomic E-state index is 13.3. The van der Waals surface area contributed by atoms with Gasteiger partial charge in [-0.1, -0.05) is 36.4 Å². The molecule has 3 aromatic carbocycles. The zero-order valence-electron chi connectivity index (χ0n) is 15.6. The van der Waals surface area contributed by atoms with Gasteiger partial charge in [-0.25, -0.2) is 8.78 Å². The van der Waals surface area contributed by atoms with Crippen LogP contribution in [0.3, 0.4) is 0 Å². The molecule has 0 heterocycles. The number of amides is 2. The van der Waals surface area contributed by atoms with Gasteiger partial charge in [0, 0.05) is 29.4 Å². The summed E-state index contributed by atoms with van der Waals surface area (Å²) < 4.78 is 26.3. The number of aryl methyl sites for hydroxylation is 1. The first kappa shape index (κ1) is 20.2. The van der Waals surface area contributed by atoms with Crippen molar-refractivity contribution in [1.29, 1.82) is 0 Å². The van der Waals surface area contributed by atoms with Gasteiger partial charge in [-0.3, -0.25) is 9.59 Å². The molecule has 6 heteroatoms. The SMILES string of the molecule is O=C(NCCCc1ccccc1)c1cccc(C(=O)Nc2ccc(F)c(F)c2)c1. The number of carbonyl (C=O) groups is 2. The van der Waals surface area contributed by atoms with Crippen LogP contribution >= 0.6 is 0 Å². The molecule has 0 saturated heterocycles. The van der Waals surface area contributed by atoms with Gasteiger partial charge in [0.15, 0.2) is 11.6 Å². The molecular weight excluding hydrogens is 374 g/mol. The van der Waals surface area contributed by atoms with Crippen LogP contribution in [0.2, 0.25) is 0 Å². The molecule has 0 aliphatic heterocycles. The summed E-state index contributed by atoms with van der Waals surface area (Å²) in [7, 11) is 0. The third-order valence-corrected chi connectivity index (χ3v) is 4.34. The fraction of sp³-hybridized carbons (Fsp3) is 0.130. The van der Waals surface area contributed by atoms with Crippen LogP contribution in [-0.2, 0) is 6.42 Å². The Bertz CT molecular complexity index is 1010. The van der Waals surface area contributed by atoms with Crippen molar-refractivity contribution in [2.75, 3.05) is 11.9 Å². The minimum Gasteiger partial charge on any atom is -0.352 e. The van der Waals surface area contributed by atoms with Crippen LogP contribution in [-0.4, -0.2) is 18.4 Å². The smallest absolute Gasteiger partial charge is 0.255 e. The van der Waals surface area contributed by atoms with E-state index in [1.807, 2.05) is 30.3 Å². The second kappa shape index (κ2) is 9.59. The van der Waals surface area contributed by atoms with Crippen LogP contribution in [0.15, 0.2) is 72.8 Å². The van der Waals surface area contributed by atoms with Crippen molar-refractivity contribution in [3.63, 3.8) is 0 Å². The van der Waals surface area contributed by atoms with Crippen LogP contribution in [0.25, 0.3) is 0 Å².